The molecule has 2 N–H and O–H groups in total. The molecule has 0 saturated carbocycles. The predicted octanol–water partition coefficient (Wildman–Crippen LogP) is 1.68. The molecule has 0 bridgehead atoms. The van der Waals surface area contributed by atoms with Crippen LogP contribution in [0.4, 0.5) is 5.95 Å². The van der Waals surface area contributed by atoms with Crippen LogP contribution in [0, 0.1) is 6.92 Å². The quantitative estimate of drug-likeness (QED) is 0.667. The van der Waals surface area contributed by atoms with Gasteiger partial charge in [0, 0.05) is 4.47 Å². The Labute approximate surface area is 111 Å². The maximum absolute atomic E-state index is 11.3. The van der Waals surface area contributed by atoms with Gasteiger partial charge in [-0.3, -0.25) is 9.78 Å². The molecule has 0 aliphatic carbocycles. The van der Waals surface area contributed by atoms with Gasteiger partial charge >= 0.3 is 0 Å². The number of halogens is 1. The van der Waals surface area contributed by atoms with Gasteiger partial charge in [0.2, 0.25) is 5.95 Å². The summed E-state index contributed by atoms with van der Waals surface area (Å²) in [5.74, 6) is 0.207. The first-order valence-electron chi connectivity index (χ1n) is 5.13. The van der Waals surface area contributed by atoms with E-state index in [1.807, 2.05) is 24.3 Å². The zero-order chi connectivity index (χ0) is 13.0. The number of aryl methyl sites for hydroxylation is 1. The zero-order valence-corrected chi connectivity index (χ0v) is 11.1. The fourth-order valence-electron chi connectivity index (χ4n) is 1.16. The van der Waals surface area contributed by atoms with Crippen molar-refractivity contribution in [2.24, 2.45) is 5.10 Å². The van der Waals surface area contributed by atoms with E-state index in [0.717, 1.165) is 10.0 Å². The summed E-state index contributed by atoms with van der Waals surface area (Å²) in [6.07, 6.45) is 1.62. The summed E-state index contributed by atoms with van der Waals surface area (Å²) in [4.78, 5) is 13.8. The molecule has 0 spiro atoms. The van der Waals surface area contributed by atoms with E-state index in [1.165, 1.54) is 0 Å². The van der Waals surface area contributed by atoms with Crippen molar-refractivity contribution in [3.8, 4) is 0 Å². The molecule has 1 aromatic carbocycles. The molecule has 18 heavy (non-hydrogen) atoms. The topological polar surface area (TPSA) is 83.0 Å². The molecule has 0 atom stereocenters. The second-order valence-corrected chi connectivity index (χ2v) is 4.43. The fourth-order valence-corrected chi connectivity index (χ4v) is 1.42. The summed E-state index contributed by atoms with van der Waals surface area (Å²) < 4.78 is 1.00. The molecular formula is C11H10BrN5O. The van der Waals surface area contributed by atoms with Gasteiger partial charge in [-0.1, -0.05) is 28.1 Å². The van der Waals surface area contributed by atoms with Gasteiger partial charge in [-0.25, -0.2) is 5.43 Å². The molecule has 1 heterocycles. The van der Waals surface area contributed by atoms with Gasteiger partial charge in [-0.2, -0.15) is 5.10 Å². The molecule has 92 valence electrons. The third kappa shape index (κ3) is 3.24. The van der Waals surface area contributed by atoms with Crippen LogP contribution < -0.4 is 11.0 Å². The second kappa shape index (κ2) is 5.54. The van der Waals surface area contributed by atoms with Crippen LogP contribution in [-0.4, -0.2) is 21.4 Å². The van der Waals surface area contributed by atoms with Crippen molar-refractivity contribution < 1.29 is 0 Å². The van der Waals surface area contributed by atoms with Gasteiger partial charge in [0.25, 0.3) is 5.56 Å². The number of hydrazone groups is 1. The Hall–Kier alpha value is -2.02. The van der Waals surface area contributed by atoms with Gasteiger partial charge in [-0.05, 0) is 24.6 Å². The average Bonchev–Trinajstić information content (AvgIpc) is 2.36. The highest BCUT2D eigenvalue weighted by Crippen LogP contribution is 2.09. The Bertz CT molecular complexity index is 620. The van der Waals surface area contributed by atoms with Crippen LogP contribution in [0.1, 0.15) is 11.3 Å². The molecule has 6 nitrogen and oxygen atoms in total. The Morgan fingerprint density at radius 1 is 1.33 bits per heavy atom. The highest BCUT2D eigenvalue weighted by atomic mass is 79.9. The van der Waals surface area contributed by atoms with Gasteiger partial charge in [0.15, 0.2) is 0 Å². The van der Waals surface area contributed by atoms with Gasteiger partial charge in [0.1, 0.15) is 5.69 Å². The maximum Gasteiger partial charge on any atom is 0.274 e. The highest BCUT2D eigenvalue weighted by molar-refractivity contribution is 9.10. The summed E-state index contributed by atoms with van der Waals surface area (Å²) in [6, 6.07) is 7.63. The smallest absolute Gasteiger partial charge is 0.274 e. The maximum atomic E-state index is 11.3. The summed E-state index contributed by atoms with van der Waals surface area (Å²) in [7, 11) is 0. The SMILES string of the molecule is Cc1nnc(N/N=C\c2ccc(Br)cc2)[nH]c1=O. The van der Waals surface area contributed by atoms with E-state index in [0.29, 0.717) is 5.69 Å². The number of rotatable bonds is 3. The molecule has 0 amide bonds. The Morgan fingerprint density at radius 3 is 2.72 bits per heavy atom. The molecule has 2 aromatic rings. The number of nitrogens with zero attached hydrogens (tertiary/aromatic N) is 3. The lowest BCUT2D eigenvalue weighted by Crippen LogP contribution is -2.15. The molecule has 0 aliphatic heterocycles. The molecule has 7 heteroatoms. The molecule has 0 saturated heterocycles. The molecule has 0 unspecified atom stereocenters. The lowest BCUT2D eigenvalue weighted by Gasteiger charge is -1.98. The Kier molecular flexibility index (Phi) is 3.83. The highest BCUT2D eigenvalue weighted by Gasteiger charge is 1.97. The zero-order valence-electron chi connectivity index (χ0n) is 9.51. The average molecular weight is 308 g/mol. The molecule has 0 fully saturated rings. The van der Waals surface area contributed by atoms with Crippen LogP contribution in [0.15, 0.2) is 38.6 Å². The fraction of sp³-hybridized carbons (Fsp3) is 0.0909. The summed E-state index contributed by atoms with van der Waals surface area (Å²) >= 11 is 3.35. The lowest BCUT2D eigenvalue weighted by molar-refractivity contribution is 0.897. The Balaban J connectivity index is 2.04. The normalized spacial score (nSPS) is 10.8. The van der Waals surface area contributed by atoms with Crippen molar-refractivity contribution in [2.75, 3.05) is 5.43 Å². The third-order valence-corrected chi connectivity index (χ3v) is 2.64. The minimum absolute atomic E-state index is 0.207. The van der Waals surface area contributed by atoms with Crippen LogP contribution in [0.2, 0.25) is 0 Å². The number of nitrogens with one attached hydrogen (secondary N) is 2. The number of hydrogen-bond acceptors (Lipinski definition) is 5. The molecule has 1 aromatic heterocycles. The molecule has 0 aliphatic rings. The molecular weight excluding hydrogens is 298 g/mol. The first-order valence-corrected chi connectivity index (χ1v) is 5.93. The molecule has 0 radical (unpaired) electrons. The number of aromatic amines is 1. The number of anilines is 1. The number of benzene rings is 1. The van der Waals surface area contributed by atoms with Crippen molar-refractivity contribution in [2.45, 2.75) is 6.92 Å². The van der Waals surface area contributed by atoms with Crippen LogP contribution in [0.3, 0.4) is 0 Å². The van der Waals surface area contributed by atoms with Crippen molar-refractivity contribution >= 4 is 28.1 Å². The van der Waals surface area contributed by atoms with Crippen LogP contribution >= 0.6 is 15.9 Å². The first-order chi connectivity index (χ1) is 8.65. The van der Waals surface area contributed by atoms with E-state index in [-0.39, 0.29) is 11.5 Å². The minimum atomic E-state index is -0.286. The van der Waals surface area contributed by atoms with Crippen LogP contribution in [0.5, 0.6) is 0 Å². The molecule has 2 rings (SSSR count). The first kappa shape index (κ1) is 12.4. The van der Waals surface area contributed by atoms with Crippen molar-refractivity contribution in [3.63, 3.8) is 0 Å². The monoisotopic (exact) mass is 307 g/mol. The summed E-state index contributed by atoms with van der Waals surface area (Å²) in [6.45, 7) is 1.58. The van der Waals surface area contributed by atoms with E-state index < -0.39 is 0 Å². The van der Waals surface area contributed by atoms with Gasteiger partial charge in [0.05, 0.1) is 6.21 Å². The minimum Gasteiger partial charge on any atom is -0.288 e. The lowest BCUT2D eigenvalue weighted by atomic mass is 10.2. The van der Waals surface area contributed by atoms with Gasteiger partial charge in [-0.15, -0.1) is 10.2 Å². The van der Waals surface area contributed by atoms with Crippen molar-refractivity contribution in [1.29, 1.82) is 0 Å². The van der Waals surface area contributed by atoms with E-state index in [2.05, 4.69) is 41.6 Å². The number of aromatic nitrogens is 3. The summed E-state index contributed by atoms with van der Waals surface area (Å²) in [5.41, 5.74) is 3.56. The second-order valence-electron chi connectivity index (χ2n) is 3.51. The number of hydrogen-bond donors (Lipinski definition) is 2. The van der Waals surface area contributed by atoms with Crippen LogP contribution in [-0.2, 0) is 0 Å². The van der Waals surface area contributed by atoms with E-state index >= 15 is 0 Å². The summed E-state index contributed by atoms with van der Waals surface area (Å²) in [5, 5.41) is 11.4. The predicted molar refractivity (Wildman–Crippen MR) is 72.7 cm³/mol. The van der Waals surface area contributed by atoms with E-state index in [4.69, 9.17) is 0 Å². The standard InChI is InChI=1S/C11H10BrN5O/c1-7-10(18)14-11(17-15-7)16-13-6-8-2-4-9(12)5-3-8/h2-6H,1H3,(H2,14,16,17,18)/b13-6-. The van der Waals surface area contributed by atoms with E-state index in [1.54, 1.807) is 13.1 Å². The van der Waals surface area contributed by atoms with Crippen molar-refractivity contribution in [1.82, 2.24) is 15.2 Å². The largest absolute Gasteiger partial charge is 0.288 e. The number of H-pyrrole nitrogens is 1. The van der Waals surface area contributed by atoms with Crippen LogP contribution in [0.25, 0.3) is 0 Å². The van der Waals surface area contributed by atoms with Crippen molar-refractivity contribution in [3.05, 3.63) is 50.3 Å². The van der Waals surface area contributed by atoms with Gasteiger partial charge < -0.3 is 0 Å². The third-order valence-electron chi connectivity index (χ3n) is 2.11. The van der Waals surface area contributed by atoms with E-state index in [9.17, 15) is 4.79 Å². The Morgan fingerprint density at radius 2 is 2.06 bits per heavy atom.